The highest BCUT2D eigenvalue weighted by Crippen LogP contribution is 2.18. The monoisotopic (exact) mass is 325 g/mol. The van der Waals surface area contributed by atoms with Crippen molar-refractivity contribution in [3.05, 3.63) is 47.7 Å². The van der Waals surface area contributed by atoms with Crippen molar-refractivity contribution in [2.45, 2.75) is 27.0 Å². The Morgan fingerprint density at radius 3 is 2.71 bits per heavy atom. The summed E-state index contributed by atoms with van der Waals surface area (Å²) >= 11 is 0. The third-order valence-electron chi connectivity index (χ3n) is 3.97. The fourth-order valence-corrected chi connectivity index (χ4v) is 2.70. The maximum Gasteiger partial charge on any atom is 0.156 e. The van der Waals surface area contributed by atoms with Gasteiger partial charge in [-0.1, -0.05) is 12.1 Å². The van der Waals surface area contributed by atoms with E-state index in [9.17, 15) is 0 Å². The van der Waals surface area contributed by atoms with Crippen molar-refractivity contribution < 1.29 is 4.74 Å². The summed E-state index contributed by atoms with van der Waals surface area (Å²) in [6.07, 6.45) is 0. The first-order valence-electron chi connectivity index (χ1n) is 8.12. The van der Waals surface area contributed by atoms with Gasteiger partial charge in [0.05, 0.1) is 17.6 Å². The van der Waals surface area contributed by atoms with E-state index in [2.05, 4.69) is 25.5 Å². The number of aryl methyl sites for hydroxylation is 2. The minimum atomic E-state index is 0.436. The van der Waals surface area contributed by atoms with Crippen molar-refractivity contribution >= 4 is 16.9 Å². The van der Waals surface area contributed by atoms with Crippen molar-refractivity contribution in [1.29, 1.82) is 0 Å². The average molecular weight is 325 g/mol. The zero-order chi connectivity index (χ0) is 17.1. The number of aromatic nitrogens is 4. The number of hydrogen-bond acceptors (Lipinski definition) is 5. The van der Waals surface area contributed by atoms with Crippen LogP contribution >= 0.6 is 0 Å². The summed E-state index contributed by atoms with van der Waals surface area (Å²) < 4.78 is 7.55. The molecule has 0 aliphatic heterocycles. The van der Waals surface area contributed by atoms with E-state index in [-0.39, 0.29) is 0 Å². The van der Waals surface area contributed by atoms with E-state index in [1.54, 1.807) is 0 Å². The normalized spacial score (nSPS) is 11.2. The number of benzene rings is 1. The second kappa shape index (κ2) is 6.97. The van der Waals surface area contributed by atoms with Crippen LogP contribution in [0.2, 0.25) is 0 Å². The van der Waals surface area contributed by atoms with Crippen LogP contribution in [0.25, 0.3) is 11.0 Å². The predicted octanol–water partition coefficient (Wildman–Crippen LogP) is 2.84. The van der Waals surface area contributed by atoms with Gasteiger partial charge in [-0.3, -0.25) is 0 Å². The smallest absolute Gasteiger partial charge is 0.156 e. The Morgan fingerprint density at radius 2 is 1.96 bits per heavy atom. The Bertz CT molecular complexity index is 843. The molecule has 0 N–H and O–H groups in total. The van der Waals surface area contributed by atoms with Crippen molar-refractivity contribution in [2.75, 3.05) is 18.6 Å². The van der Waals surface area contributed by atoms with Gasteiger partial charge >= 0.3 is 0 Å². The third kappa shape index (κ3) is 3.38. The zero-order valence-electron chi connectivity index (χ0n) is 14.7. The van der Waals surface area contributed by atoms with Crippen LogP contribution in [0.3, 0.4) is 0 Å². The number of ether oxygens (including phenoxy) is 1. The molecule has 0 saturated carbocycles. The molecular formula is C18H23N5O. The SMILES string of the molecule is CCOCc1nc(C)cc(N(C)Cc2nc3ccccc3n2C)n1. The van der Waals surface area contributed by atoms with Gasteiger partial charge in [-0.05, 0) is 26.0 Å². The van der Waals surface area contributed by atoms with Gasteiger partial charge in [-0.2, -0.15) is 0 Å². The number of nitrogens with zero attached hydrogens (tertiary/aromatic N) is 5. The molecule has 1 aromatic carbocycles. The summed E-state index contributed by atoms with van der Waals surface area (Å²) in [5.41, 5.74) is 3.09. The Hall–Kier alpha value is -2.47. The molecule has 3 aromatic rings. The molecule has 2 heterocycles. The zero-order valence-corrected chi connectivity index (χ0v) is 14.7. The minimum absolute atomic E-state index is 0.436. The Morgan fingerprint density at radius 1 is 1.17 bits per heavy atom. The van der Waals surface area contributed by atoms with Crippen LogP contribution in [0.5, 0.6) is 0 Å². The molecule has 3 rings (SSSR count). The summed E-state index contributed by atoms with van der Waals surface area (Å²) in [7, 11) is 4.07. The largest absolute Gasteiger partial charge is 0.374 e. The highest BCUT2D eigenvalue weighted by Gasteiger charge is 2.12. The molecule has 2 aromatic heterocycles. The molecule has 24 heavy (non-hydrogen) atoms. The lowest BCUT2D eigenvalue weighted by molar-refractivity contribution is 0.128. The topological polar surface area (TPSA) is 56.1 Å². The van der Waals surface area contributed by atoms with Gasteiger partial charge in [-0.25, -0.2) is 15.0 Å². The number of para-hydroxylation sites is 2. The standard InChI is InChI=1S/C18H23N5O/c1-5-24-12-16-19-13(2)10-17(21-16)22(3)11-18-20-14-8-6-7-9-15(14)23(18)4/h6-10H,5,11-12H2,1-4H3. The van der Waals surface area contributed by atoms with Gasteiger partial charge in [0.2, 0.25) is 0 Å². The van der Waals surface area contributed by atoms with E-state index in [4.69, 9.17) is 9.72 Å². The molecule has 0 aliphatic carbocycles. The third-order valence-corrected chi connectivity index (χ3v) is 3.97. The lowest BCUT2D eigenvalue weighted by Crippen LogP contribution is -2.21. The fraction of sp³-hybridized carbons (Fsp3) is 0.389. The van der Waals surface area contributed by atoms with Crippen LogP contribution in [0.15, 0.2) is 30.3 Å². The quantitative estimate of drug-likeness (QED) is 0.697. The summed E-state index contributed by atoms with van der Waals surface area (Å²) in [6, 6.07) is 10.1. The molecular weight excluding hydrogens is 302 g/mol. The van der Waals surface area contributed by atoms with Crippen LogP contribution in [0, 0.1) is 6.92 Å². The summed E-state index contributed by atoms with van der Waals surface area (Å²) in [4.78, 5) is 15.8. The minimum Gasteiger partial charge on any atom is -0.374 e. The molecule has 6 heteroatoms. The van der Waals surface area contributed by atoms with Crippen molar-refractivity contribution in [3.63, 3.8) is 0 Å². The van der Waals surface area contributed by atoms with Gasteiger partial charge in [-0.15, -0.1) is 0 Å². The fourth-order valence-electron chi connectivity index (χ4n) is 2.70. The maximum absolute atomic E-state index is 5.43. The average Bonchev–Trinajstić information content (AvgIpc) is 2.89. The maximum atomic E-state index is 5.43. The molecule has 126 valence electrons. The van der Waals surface area contributed by atoms with E-state index in [1.165, 1.54) is 0 Å². The first-order chi connectivity index (χ1) is 11.6. The Kier molecular flexibility index (Phi) is 4.76. The van der Waals surface area contributed by atoms with E-state index in [1.807, 2.05) is 52.2 Å². The van der Waals surface area contributed by atoms with Gasteiger partial charge in [0.1, 0.15) is 18.2 Å². The number of fused-ring (bicyclic) bond motifs is 1. The van der Waals surface area contributed by atoms with Crippen molar-refractivity contribution in [2.24, 2.45) is 7.05 Å². The molecule has 0 unspecified atom stereocenters. The second-order valence-corrected chi connectivity index (χ2v) is 5.85. The highest BCUT2D eigenvalue weighted by atomic mass is 16.5. The molecule has 0 spiro atoms. The van der Waals surface area contributed by atoms with E-state index < -0.39 is 0 Å². The second-order valence-electron chi connectivity index (χ2n) is 5.85. The molecule has 0 aliphatic rings. The molecule has 6 nitrogen and oxygen atoms in total. The van der Waals surface area contributed by atoms with E-state index in [0.717, 1.165) is 28.4 Å². The highest BCUT2D eigenvalue weighted by molar-refractivity contribution is 5.75. The molecule has 0 saturated heterocycles. The number of rotatable bonds is 6. The first-order valence-corrected chi connectivity index (χ1v) is 8.12. The predicted molar refractivity (Wildman–Crippen MR) is 94.9 cm³/mol. The Balaban J connectivity index is 1.84. The van der Waals surface area contributed by atoms with Gasteiger partial charge < -0.3 is 14.2 Å². The number of anilines is 1. The van der Waals surface area contributed by atoms with E-state index in [0.29, 0.717) is 25.6 Å². The van der Waals surface area contributed by atoms with Crippen LogP contribution in [0.4, 0.5) is 5.82 Å². The first kappa shape index (κ1) is 16.4. The summed E-state index contributed by atoms with van der Waals surface area (Å²) in [5.74, 6) is 2.59. The number of hydrogen-bond donors (Lipinski definition) is 0. The summed E-state index contributed by atoms with van der Waals surface area (Å²) in [6.45, 7) is 5.71. The van der Waals surface area contributed by atoms with E-state index >= 15 is 0 Å². The van der Waals surface area contributed by atoms with Gasteiger partial charge in [0.15, 0.2) is 5.82 Å². The Labute approximate surface area is 142 Å². The van der Waals surface area contributed by atoms with Crippen molar-refractivity contribution in [3.8, 4) is 0 Å². The molecule has 0 amide bonds. The summed E-state index contributed by atoms with van der Waals surface area (Å²) in [5, 5.41) is 0. The molecule has 0 atom stereocenters. The van der Waals surface area contributed by atoms with Crippen LogP contribution in [-0.2, 0) is 24.9 Å². The van der Waals surface area contributed by atoms with Crippen LogP contribution in [0.1, 0.15) is 24.3 Å². The lowest BCUT2D eigenvalue weighted by Gasteiger charge is -2.19. The lowest BCUT2D eigenvalue weighted by atomic mass is 10.3. The van der Waals surface area contributed by atoms with Crippen molar-refractivity contribution in [1.82, 2.24) is 19.5 Å². The van der Waals surface area contributed by atoms with Gasteiger partial charge in [0, 0.05) is 32.5 Å². The number of imidazole rings is 1. The van der Waals surface area contributed by atoms with Crippen LogP contribution in [-0.4, -0.2) is 33.2 Å². The molecule has 0 bridgehead atoms. The van der Waals surface area contributed by atoms with Crippen LogP contribution < -0.4 is 4.90 Å². The van der Waals surface area contributed by atoms with Gasteiger partial charge in [0.25, 0.3) is 0 Å². The molecule has 0 radical (unpaired) electrons. The molecule has 0 fully saturated rings.